The number of benzene rings is 1. The maximum atomic E-state index is 12.4. The molecule has 0 saturated carbocycles. The van der Waals surface area contributed by atoms with Gasteiger partial charge in [-0.2, -0.15) is 0 Å². The highest BCUT2D eigenvalue weighted by molar-refractivity contribution is 6.04. The summed E-state index contributed by atoms with van der Waals surface area (Å²) in [6.45, 7) is 6.20. The Labute approximate surface area is 157 Å². The third-order valence-electron chi connectivity index (χ3n) is 4.39. The van der Waals surface area contributed by atoms with Crippen molar-refractivity contribution < 1.29 is 28.6 Å². The summed E-state index contributed by atoms with van der Waals surface area (Å²) in [5.41, 5.74) is 2.89. The molecule has 1 aromatic heterocycles. The van der Waals surface area contributed by atoms with Crippen molar-refractivity contribution in [2.45, 2.75) is 27.7 Å². The van der Waals surface area contributed by atoms with Crippen LogP contribution in [0.15, 0.2) is 12.1 Å². The van der Waals surface area contributed by atoms with Crippen molar-refractivity contribution in [1.82, 2.24) is 4.98 Å². The topological polar surface area (TPSA) is 94.7 Å². The zero-order valence-electron chi connectivity index (χ0n) is 16.3. The van der Waals surface area contributed by atoms with Crippen LogP contribution in [0, 0.1) is 20.8 Å². The Balaban J connectivity index is 2.18. The van der Waals surface area contributed by atoms with E-state index >= 15 is 0 Å². The van der Waals surface area contributed by atoms with Crippen LogP contribution < -0.4 is 9.47 Å². The second-order valence-electron chi connectivity index (χ2n) is 6.19. The van der Waals surface area contributed by atoms with Crippen LogP contribution >= 0.6 is 0 Å². The highest BCUT2D eigenvalue weighted by atomic mass is 16.5. The number of ketones is 2. The summed E-state index contributed by atoms with van der Waals surface area (Å²) < 4.78 is 15.6. The van der Waals surface area contributed by atoms with Crippen molar-refractivity contribution in [3.8, 4) is 11.5 Å². The molecule has 0 radical (unpaired) electrons. The van der Waals surface area contributed by atoms with E-state index in [2.05, 4.69) is 4.98 Å². The van der Waals surface area contributed by atoms with E-state index in [-0.39, 0.29) is 17.0 Å². The molecule has 0 aliphatic rings. The van der Waals surface area contributed by atoms with E-state index < -0.39 is 18.4 Å². The number of carbonyl (C=O) groups excluding carboxylic acids is 3. The molecule has 0 saturated heterocycles. The van der Waals surface area contributed by atoms with Gasteiger partial charge in [-0.05, 0) is 45.4 Å². The number of aromatic amines is 1. The van der Waals surface area contributed by atoms with Crippen LogP contribution in [0.2, 0.25) is 0 Å². The van der Waals surface area contributed by atoms with E-state index in [0.29, 0.717) is 28.3 Å². The number of hydrogen-bond donors (Lipinski definition) is 1. The third-order valence-corrected chi connectivity index (χ3v) is 4.39. The molecule has 0 aliphatic heterocycles. The zero-order chi connectivity index (χ0) is 20.3. The minimum atomic E-state index is -0.673. The van der Waals surface area contributed by atoms with Crippen LogP contribution in [0.25, 0.3) is 0 Å². The molecular formula is C20H23NO6. The second-order valence-corrected chi connectivity index (χ2v) is 6.19. The van der Waals surface area contributed by atoms with E-state index in [1.54, 1.807) is 20.8 Å². The summed E-state index contributed by atoms with van der Waals surface area (Å²) in [5, 5.41) is 0. The predicted octanol–water partition coefficient (Wildman–Crippen LogP) is 3.20. The molecule has 0 bridgehead atoms. The van der Waals surface area contributed by atoms with Crippen LogP contribution in [-0.2, 0) is 4.74 Å². The zero-order valence-corrected chi connectivity index (χ0v) is 16.3. The van der Waals surface area contributed by atoms with Crippen molar-refractivity contribution in [1.29, 1.82) is 0 Å². The number of rotatable bonds is 7. The van der Waals surface area contributed by atoms with Crippen molar-refractivity contribution in [2.24, 2.45) is 0 Å². The van der Waals surface area contributed by atoms with Crippen LogP contribution in [0.3, 0.4) is 0 Å². The summed E-state index contributed by atoms with van der Waals surface area (Å²) in [6.07, 6.45) is 0. The molecule has 0 atom stereocenters. The molecule has 2 aromatic rings. The monoisotopic (exact) mass is 373 g/mol. The highest BCUT2D eigenvalue weighted by Crippen LogP contribution is 2.29. The fourth-order valence-electron chi connectivity index (χ4n) is 3.05. The lowest BCUT2D eigenvalue weighted by Crippen LogP contribution is -2.16. The lowest BCUT2D eigenvalue weighted by atomic mass is 10.1. The average Bonchev–Trinajstić information content (AvgIpc) is 2.93. The van der Waals surface area contributed by atoms with Crippen molar-refractivity contribution in [2.75, 3.05) is 20.8 Å². The van der Waals surface area contributed by atoms with Gasteiger partial charge in [0.2, 0.25) is 5.78 Å². The molecule has 144 valence electrons. The summed E-state index contributed by atoms with van der Waals surface area (Å²) >= 11 is 0. The molecule has 0 amide bonds. The minimum absolute atomic E-state index is 0.129. The Kier molecular flexibility index (Phi) is 6.05. The number of Topliss-reactive ketones (excluding diaryl/α,β-unsaturated/α-hetero) is 2. The summed E-state index contributed by atoms with van der Waals surface area (Å²) in [4.78, 5) is 39.3. The highest BCUT2D eigenvalue weighted by Gasteiger charge is 2.21. The van der Waals surface area contributed by atoms with Gasteiger partial charge in [-0.3, -0.25) is 9.59 Å². The Bertz CT molecular complexity index is 884. The number of nitrogens with one attached hydrogen (secondary N) is 1. The molecule has 7 heteroatoms. The molecule has 1 N–H and O–H groups in total. The molecule has 1 heterocycles. The van der Waals surface area contributed by atoms with Gasteiger partial charge in [-0.15, -0.1) is 0 Å². The van der Waals surface area contributed by atoms with Gasteiger partial charge >= 0.3 is 5.97 Å². The Hall–Kier alpha value is -3.09. The van der Waals surface area contributed by atoms with Crippen molar-refractivity contribution in [3.63, 3.8) is 0 Å². The molecule has 7 nitrogen and oxygen atoms in total. The molecule has 2 rings (SSSR count). The molecular weight excluding hydrogens is 350 g/mol. The second kappa shape index (κ2) is 8.07. The van der Waals surface area contributed by atoms with E-state index in [1.165, 1.54) is 33.3 Å². The average molecular weight is 373 g/mol. The quantitative estimate of drug-likeness (QED) is 0.592. The van der Waals surface area contributed by atoms with Gasteiger partial charge in [0, 0.05) is 16.8 Å². The number of ether oxygens (including phenoxy) is 3. The minimum Gasteiger partial charge on any atom is -0.496 e. The van der Waals surface area contributed by atoms with Gasteiger partial charge in [0.1, 0.15) is 11.5 Å². The Morgan fingerprint density at radius 1 is 0.963 bits per heavy atom. The molecule has 0 spiro atoms. The first-order valence-corrected chi connectivity index (χ1v) is 8.34. The number of aromatic nitrogens is 1. The lowest BCUT2D eigenvalue weighted by Gasteiger charge is -2.12. The first-order valence-electron chi connectivity index (χ1n) is 8.34. The molecule has 0 aliphatic carbocycles. The van der Waals surface area contributed by atoms with Crippen molar-refractivity contribution in [3.05, 3.63) is 45.8 Å². The van der Waals surface area contributed by atoms with Crippen LogP contribution in [0.4, 0.5) is 0 Å². The fraction of sp³-hybridized carbons (Fsp3) is 0.350. The lowest BCUT2D eigenvalue weighted by molar-refractivity contribution is 0.0472. The summed E-state index contributed by atoms with van der Waals surface area (Å²) in [6, 6.07) is 3.06. The number of esters is 1. The molecule has 27 heavy (non-hydrogen) atoms. The number of aryl methyl sites for hydroxylation is 1. The number of carbonyl (C=O) groups is 3. The van der Waals surface area contributed by atoms with Crippen LogP contribution in [0.5, 0.6) is 11.5 Å². The fourth-order valence-corrected chi connectivity index (χ4v) is 3.05. The molecule has 1 aromatic carbocycles. The summed E-state index contributed by atoms with van der Waals surface area (Å²) in [7, 11) is 2.98. The van der Waals surface area contributed by atoms with E-state index in [4.69, 9.17) is 14.2 Å². The van der Waals surface area contributed by atoms with Gasteiger partial charge in [-0.25, -0.2) is 4.79 Å². The van der Waals surface area contributed by atoms with E-state index in [0.717, 1.165) is 5.56 Å². The number of methoxy groups -OCH3 is 2. The maximum absolute atomic E-state index is 12.4. The Morgan fingerprint density at radius 2 is 1.52 bits per heavy atom. The molecule has 0 unspecified atom stereocenters. The number of hydrogen-bond acceptors (Lipinski definition) is 6. The first kappa shape index (κ1) is 20.2. The number of H-pyrrole nitrogens is 1. The van der Waals surface area contributed by atoms with Gasteiger partial charge in [0.25, 0.3) is 0 Å². The SMILES string of the molecule is COc1cc(C(=O)OCC(=O)c2[nH]c(C)c(C(C)=O)c2C)cc(OC)c1C. The maximum Gasteiger partial charge on any atom is 0.338 e. The third kappa shape index (κ3) is 4.02. The molecule has 0 fully saturated rings. The largest absolute Gasteiger partial charge is 0.496 e. The van der Waals surface area contributed by atoms with E-state index in [9.17, 15) is 14.4 Å². The van der Waals surface area contributed by atoms with Gasteiger partial charge in [0.05, 0.1) is 25.5 Å². The first-order chi connectivity index (χ1) is 12.7. The van der Waals surface area contributed by atoms with E-state index in [1.807, 2.05) is 0 Å². The van der Waals surface area contributed by atoms with Crippen LogP contribution in [0.1, 0.15) is 54.9 Å². The van der Waals surface area contributed by atoms with Crippen LogP contribution in [-0.4, -0.2) is 43.3 Å². The normalized spacial score (nSPS) is 10.4. The van der Waals surface area contributed by atoms with Gasteiger partial charge in [0.15, 0.2) is 12.4 Å². The van der Waals surface area contributed by atoms with Crippen molar-refractivity contribution >= 4 is 17.5 Å². The predicted molar refractivity (Wildman–Crippen MR) is 99.2 cm³/mol. The smallest absolute Gasteiger partial charge is 0.338 e. The van der Waals surface area contributed by atoms with Gasteiger partial charge < -0.3 is 19.2 Å². The Morgan fingerprint density at radius 3 is 1.96 bits per heavy atom. The standard InChI is InChI=1S/C20H23NO6/c1-10-16(25-5)7-14(8-17(10)26-6)20(24)27-9-15(23)19-11(2)18(13(4)22)12(3)21-19/h7-8,21H,9H2,1-6H3. The van der Waals surface area contributed by atoms with Gasteiger partial charge in [-0.1, -0.05) is 0 Å². The summed E-state index contributed by atoms with van der Waals surface area (Å²) in [5.74, 6) is -0.254.